The van der Waals surface area contributed by atoms with Gasteiger partial charge in [0.2, 0.25) is 0 Å². The van der Waals surface area contributed by atoms with Crippen LogP contribution in [0.25, 0.3) is 21.8 Å². The minimum atomic E-state index is -0.539. The van der Waals surface area contributed by atoms with Gasteiger partial charge in [0.25, 0.3) is 0 Å². The van der Waals surface area contributed by atoms with Crippen LogP contribution in [0.1, 0.15) is 80.1 Å². The zero-order valence-electron chi connectivity index (χ0n) is 22.1. The number of likely N-dealkylation sites (tertiary alicyclic amines) is 1. The molecule has 1 N–H and O–H groups in total. The van der Waals surface area contributed by atoms with Crippen LogP contribution in [0, 0.1) is 0 Å². The largest absolute Gasteiger partial charge is 0.494 e. The number of H-pyrrole nitrogens is 1. The number of hydrogen-bond donors (Lipinski definition) is 1. The van der Waals surface area contributed by atoms with Crippen LogP contribution in [0.4, 0.5) is 4.79 Å². The Bertz CT molecular complexity index is 1280. The quantitative estimate of drug-likeness (QED) is 0.495. The van der Waals surface area contributed by atoms with Crippen molar-refractivity contribution in [3.8, 4) is 0 Å². The molecule has 0 bridgehead atoms. The molecule has 0 radical (unpaired) electrons. The molecule has 1 amide bonds. The first-order valence-corrected chi connectivity index (χ1v) is 12.5. The van der Waals surface area contributed by atoms with Crippen LogP contribution in [0.5, 0.6) is 0 Å². The Labute approximate surface area is 207 Å². The Morgan fingerprint density at radius 3 is 2.46 bits per heavy atom. The number of benzene rings is 2. The number of carbonyl (C=O) groups is 1. The van der Waals surface area contributed by atoms with Crippen molar-refractivity contribution in [2.45, 2.75) is 97.1 Å². The summed E-state index contributed by atoms with van der Waals surface area (Å²) in [5.41, 5.74) is 1.55. The van der Waals surface area contributed by atoms with Crippen molar-refractivity contribution in [2.24, 2.45) is 0 Å². The molecular formula is C27H36BN3O4. The van der Waals surface area contributed by atoms with Crippen LogP contribution in [0.3, 0.4) is 0 Å². The van der Waals surface area contributed by atoms with E-state index in [1.54, 1.807) is 0 Å². The van der Waals surface area contributed by atoms with E-state index in [-0.39, 0.29) is 29.4 Å². The smallest absolute Gasteiger partial charge is 0.444 e. The highest BCUT2D eigenvalue weighted by molar-refractivity contribution is 6.62. The van der Waals surface area contributed by atoms with Gasteiger partial charge in [-0.15, -0.1) is 0 Å². The number of nitrogens with zero attached hydrogens (tertiary/aromatic N) is 2. The maximum Gasteiger partial charge on any atom is 0.494 e. The molecule has 2 aliphatic rings. The highest BCUT2D eigenvalue weighted by Gasteiger charge is 2.51. The molecule has 2 atom stereocenters. The molecule has 2 aliphatic heterocycles. The van der Waals surface area contributed by atoms with E-state index in [0.717, 1.165) is 45.9 Å². The summed E-state index contributed by atoms with van der Waals surface area (Å²) in [4.78, 5) is 23.3. The van der Waals surface area contributed by atoms with Crippen molar-refractivity contribution in [3.05, 3.63) is 36.2 Å². The van der Waals surface area contributed by atoms with Gasteiger partial charge in [0.1, 0.15) is 11.4 Å². The molecule has 1 aromatic heterocycles. The van der Waals surface area contributed by atoms with E-state index in [0.29, 0.717) is 0 Å². The molecular weight excluding hydrogens is 441 g/mol. The van der Waals surface area contributed by atoms with E-state index in [1.807, 2.05) is 25.7 Å². The van der Waals surface area contributed by atoms with Gasteiger partial charge in [0.05, 0.1) is 28.3 Å². The summed E-state index contributed by atoms with van der Waals surface area (Å²) in [5, 5.41) is 2.13. The summed E-state index contributed by atoms with van der Waals surface area (Å²) < 4.78 is 18.2. The van der Waals surface area contributed by atoms with Crippen LogP contribution in [-0.4, -0.2) is 50.9 Å². The van der Waals surface area contributed by atoms with Crippen LogP contribution >= 0.6 is 0 Å². The molecule has 0 spiro atoms. The van der Waals surface area contributed by atoms with Crippen molar-refractivity contribution in [3.63, 3.8) is 0 Å². The highest BCUT2D eigenvalue weighted by Crippen LogP contribution is 2.38. The van der Waals surface area contributed by atoms with Gasteiger partial charge in [-0.3, -0.25) is 4.90 Å². The number of imidazole rings is 1. The summed E-state index contributed by atoms with van der Waals surface area (Å²) in [7, 11) is -0.405. The number of aromatic amines is 1. The second kappa shape index (κ2) is 7.97. The summed E-state index contributed by atoms with van der Waals surface area (Å²) in [6.45, 7) is 16.0. The van der Waals surface area contributed by atoms with Gasteiger partial charge in [-0.2, -0.15) is 0 Å². The van der Waals surface area contributed by atoms with Crippen molar-refractivity contribution in [1.82, 2.24) is 14.9 Å². The third-order valence-corrected chi connectivity index (χ3v) is 7.62. The number of amides is 1. The molecule has 1 unspecified atom stereocenters. The minimum Gasteiger partial charge on any atom is -0.444 e. The van der Waals surface area contributed by atoms with E-state index < -0.39 is 12.7 Å². The second-order valence-corrected chi connectivity index (χ2v) is 12.0. The molecule has 7 nitrogen and oxygen atoms in total. The van der Waals surface area contributed by atoms with Crippen molar-refractivity contribution in [2.75, 3.05) is 0 Å². The van der Waals surface area contributed by atoms with E-state index in [4.69, 9.17) is 19.0 Å². The molecule has 5 rings (SSSR count). The van der Waals surface area contributed by atoms with E-state index >= 15 is 0 Å². The fourth-order valence-corrected chi connectivity index (χ4v) is 5.00. The maximum absolute atomic E-state index is 13.0. The first-order valence-electron chi connectivity index (χ1n) is 12.5. The number of nitrogens with one attached hydrogen (secondary N) is 1. The van der Waals surface area contributed by atoms with E-state index in [1.165, 1.54) is 0 Å². The third-order valence-electron chi connectivity index (χ3n) is 7.62. The number of fused-ring (bicyclic) bond motifs is 3. The van der Waals surface area contributed by atoms with Crippen LogP contribution in [0.15, 0.2) is 30.3 Å². The number of ether oxygens (including phenoxy) is 1. The predicted molar refractivity (Wildman–Crippen MR) is 139 cm³/mol. The molecule has 3 heterocycles. The molecule has 0 saturated carbocycles. The maximum atomic E-state index is 13.0. The number of aromatic nitrogens is 2. The minimum absolute atomic E-state index is 0.0993. The fourth-order valence-electron chi connectivity index (χ4n) is 5.00. The Hall–Kier alpha value is -2.58. The number of carbonyl (C=O) groups excluding carboxylic acids is 1. The first-order chi connectivity index (χ1) is 16.3. The zero-order valence-corrected chi connectivity index (χ0v) is 22.1. The van der Waals surface area contributed by atoms with Gasteiger partial charge < -0.3 is 19.0 Å². The van der Waals surface area contributed by atoms with E-state index in [2.05, 4.69) is 69.9 Å². The Morgan fingerprint density at radius 1 is 1.11 bits per heavy atom. The highest BCUT2D eigenvalue weighted by atomic mass is 16.7. The average Bonchev–Trinajstić information content (AvgIpc) is 3.39. The van der Waals surface area contributed by atoms with E-state index in [9.17, 15) is 4.79 Å². The zero-order chi connectivity index (χ0) is 25.3. The summed E-state index contributed by atoms with van der Waals surface area (Å²) >= 11 is 0. The monoisotopic (exact) mass is 477 g/mol. The predicted octanol–water partition coefficient (Wildman–Crippen LogP) is 5.48. The summed E-state index contributed by atoms with van der Waals surface area (Å²) in [5.74, 6) is 0.803. The second-order valence-electron chi connectivity index (χ2n) is 12.0. The molecule has 2 aromatic carbocycles. The standard InChI is InChI=1S/C27H36BN3O4/c1-16-9-14-21(31(16)24(32)33-25(2,3)4)23-29-20-13-10-17-15-18(11-12-19(17)22(20)30-23)28-34-26(5,6)27(7,8)35-28/h10-13,15-16,21H,9,14H2,1-8H3,(H,29,30)/t16?,21-/m0/s1. The van der Waals surface area contributed by atoms with Crippen molar-refractivity contribution in [1.29, 1.82) is 0 Å². The molecule has 35 heavy (non-hydrogen) atoms. The lowest BCUT2D eigenvalue weighted by Gasteiger charge is -2.32. The first kappa shape index (κ1) is 24.1. The third kappa shape index (κ3) is 4.21. The number of hydrogen-bond acceptors (Lipinski definition) is 5. The van der Waals surface area contributed by atoms with Crippen LogP contribution in [-0.2, 0) is 14.0 Å². The van der Waals surface area contributed by atoms with Crippen LogP contribution in [0.2, 0.25) is 0 Å². The molecule has 2 saturated heterocycles. The topological polar surface area (TPSA) is 76.7 Å². The molecule has 0 aliphatic carbocycles. The van der Waals surface area contributed by atoms with Gasteiger partial charge >= 0.3 is 13.2 Å². The lowest BCUT2D eigenvalue weighted by Crippen LogP contribution is -2.41. The van der Waals surface area contributed by atoms with Crippen LogP contribution < -0.4 is 5.46 Å². The Kier molecular flexibility index (Phi) is 5.49. The number of rotatable bonds is 2. The van der Waals surface area contributed by atoms with Gasteiger partial charge in [0, 0.05) is 11.4 Å². The Balaban J connectivity index is 1.47. The fraction of sp³-hybridized carbons (Fsp3) is 0.556. The molecule has 8 heteroatoms. The van der Waals surface area contributed by atoms with Gasteiger partial charge in [-0.1, -0.05) is 24.3 Å². The van der Waals surface area contributed by atoms with Crippen molar-refractivity contribution < 1.29 is 18.8 Å². The SMILES string of the molecule is CC1CC[C@@H](c2nc3c(ccc4cc(B5OC(C)(C)C(C)(C)O5)ccc43)[nH]2)N1C(=O)OC(C)(C)C. The molecule has 186 valence electrons. The molecule has 2 fully saturated rings. The normalized spacial score (nSPS) is 24.0. The van der Waals surface area contributed by atoms with Crippen molar-refractivity contribution >= 4 is 40.5 Å². The summed E-state index contributed by atoms with van der Waals surface area (Å²) in [6.07, 6.45) is 1.48. The Morgan fingerprint density at radius 2 is 1.80 bits per heavy atom. The van der Waals surface area contributed by atoms with Gasteiger partial charge in [-0.05, 0) is 85.1 Å². The molecule has 3 aromatic rings. The lowest BCUT2D eigenvalue weighted by molar-refractivity contribution is 0.00578. The van der Waals surface area contributed by atoms with Gasteiger partial charge in [-0.25, -0.2) is 9.78 Å². The average molecular weight is 477 g/mol. The lowest BCUT2D eigenvalue weighted by atomic mass is 9.78. The summed E-state index contributed by atoms with van der Waals surface area (Å²) in [6, 6.07) is 10.4. The van der Waals surface area contributed by atoms with Gasteiger partial charge in [0.15, 0.2) is 0 Å².